The molecule has 0 aliphatic carbocycles. The second kappa shape index (κ2) is 7.51. The van der Waals surface area contributed by atoms with Crippen LogP contribution < -0.4 is 10.3 Å². The third-order valence-electron chi connectivity index (χ3n) is 4.73. The number of hydrogen-bond acceptors (Lipinski definition) is 5. The molecule has 1 aliphatic rings. The van der Waals surface area contributed by atoms with E-state index in [1.165, 1.54) is 24.5 Å². The van der Waals surface area contributed by atoms with E-state index in [0.717, 1.165) is 11.1 Å². The number of H-pyrrole nitrogens is 1. The Morgan fingerprint density at radius 2 is 2.00 bits per heavy atom. The first kappa shape index (κ1) is 18.9. The number of anilines is 1. The number of nitrogens with one attached hydrogen (secondary N) is 2. The summed E-state index contributed by atoms with van der Waals surface area (Å²) in [6.45, 7) is 0.814. The van der Waals surface area contributed by atoms with Gasteiger partial charge in [0.2, 0.25) is 5.56 Å². The Bertz CT molecular complexity index is 1200. The van der Waals surface area contributed by atoms with E-state index in [1.807, 2.05) is 0 Å². The van der Waals surface area contributed by atoms with Gasteiger partial charge in [0.1, 0.15) is 0 Å². The number of nitrogens with zero attached hydrogens (tertiary/aromatic N) is 2. The Balaban J connectivity index is 1.57. The molecule has 8 nitrogen and oxygen atoms in total. The monoisotopic (exact) mass is 410 g/mol. The van der Waals surface area contributed by atoms with Crippen LogP contribution in [-0.4, -0.2) is 35.7 Å². The van der Waals surface area contributed by atoms with Crippen molar-refractivity contribution in [2.75, 3.05) is 11.3 Å². The van der Waals surface area contributed by atoms with Gasteiger partial charge in [-0.1, -0.05) is 6.07 Å². The number of benzene rings is 1. The number of aromatic amines is 1. The van der Waals surface area contributed by atoms with Crippen molar-refractivity contribution in [2.45, 2.75) is 17.9 Å². The van der Waals surface area contributed by atoms with E-state index in [0.29, 0.717) is 30.8 Å². The Kier molecular flexibility index (Phi) is 4.89. The first-order valence-electron chi connectivity index (χ1n) is 8.95. The fourth-order valence-electron chi connectivity index (χ4n) is 3.24. The van der Waals surface area contributed by atoms with Crippen LogP contribution in [-0.2, 0) is 23.0 Å². The highest BCUT2D eigenvalue weighted by molar-refractivity contribution is 7.92. The van der Waals surface area contributed by atoms with Crippen LogP contribution in [0.4, 0.5) is 5.69 Å². The number of fused-ring (bicyclic) bond motifs is 1. The molecule has 0 radical (unpaired) electrons. The van der Waals surface area contributed by atoms with Crippen LogP contribution in [0.5, 0.6) is 0 Å². The predicted molar refractivity (Wildman–Crippen MR) is 107 cm³/mol. The SMILES string of the molecule is O=C(c1ccc(=O)[nH]c1)N1CCc2ccc(S(=O)(=O)Nc3cccnc3)cc2C1. The van der Waals surface area contributed by atoms with E-state index in [4.69, 9.17) is 0 Å². The molecule has 0 saturated heterocycles. The van der Waals surface area contributed by atoms with E-state index in [2.05, 4.69) is 14.7 Å². The molecule has 1 aliphatic heterocycles. The molecule has 1 amide bonds. The topological polar surface area (TPSA) is 112 Å². The van der Waals surface area contributed by atoms with Crippen molar-refractivity contribution in [3.8, 4) is 0 Å². The molecule has 0 bridgehead atoms. The highest BCUT2D eigenvalue weighted by Crippen LogP contribution is 2.24. The van der Waals surface area contributed by atoms with Crippen molar-refractivity contribution in [3.05, 3.63) is 88.1 Å². The lowest BCUT2D eigenvalue weighted by Crippen LogP contribution is -2.36. The first-order valence-corrected chi connectivity index (χ1v) is 10.4. The normalized spacial score (nSPS) is 13.6. The summed E-state index contributed by atoms with van der Waals surface area (Å²) in [4.78, 5) is 32.1. The number of hydrogen-bond donors (Lipinski definition) is 2. The number of carbonyl (C=O) groups excluding carboxylic acids is 1. The fourth-order valence-corrected chi connectivity index (χ4v) is 4.33. The minimum atomic E-state index is -3.77. The number of rotatable bonds is 4. The van der Waals surface area contributed by atoms with Crippen LogP contribution >= 0.6 is 0 Å². The van der Waals surface area contributed by atoms with Gasteiger partial charge in [0, 0.05) is 31.5 Å². The molecule has 9 heteroatoms. The average molecular weight is 410 g/mol. The summed E-state index contributed by atoms with van der Waals surface area (Å²) in [5, 5.41) is 0. The van der Waals surface area contributed by atoms with Gasteiger partial charge in [0.25, 0.3) is 15.9 Å². The summed E-state index contributed by atoms with van der Waals surface area (Å²) in [7, 11) is -3.77. The lowest BCUT2D eigenvalue weighted by Gasteiger charge is -2.29. The summed E-state index contributed by atoms with van der Waals surface area (Å²) < 4.78 is 27.9. The summed E-state index contributed by atoms with van der Waals surface area (Å²) >= 11 is 0. The van der Waals surface area contributed by atoms with Gasteiger partial charge in [-0.2, -0.15) is 0 Å². The first-order chi connectivity index (χ1) is 13.9. The van der Waals surface area contributed by atoms with E-state index in [1.54, 1.807) is 41.4 Å². The van der Waals surface area contributed by atoms with Crippen molar-refractivity contribution >= 4 is 21.6 Å². The number of pyridine rings is 2. The van der Waals surface area contributed by atoms with Crippen LogP contribution in [0.25, 0.3) is 0 Å². The largest absolute Gasteiger partial charge is 0.334 e. The van der Waals surface area contributed by atoms with Crippen LogP contribution in [0.1, 0.15) is 21.5 Å². The molecule has 3 heterocycles. The molecule has 3 aromatic rings. The van der Waals surface area contributed by atoms with Gasteiger partial charge in [-0.15, -0.1) is 0 Å². The Morgan fingerprint density at radius 1 is 1.14 bits per heavy atom. The molecule has 4 rings (SSSR count). The lowest BCUT2D eigenvalue weighted by molar-refractivity contribution is 0.0734. The third-order valence-corrected chi connectivity index (χ3v) is 6.11. The quantitative estimate of drug-likeness (QED) is 0.681. The molecule has 0 atom stereocenters. The summed E-state index contributed by atoms with van der Waals surface area (Å²) in [5.41, 5.74) is 2.27. The molecule has 0 spiro atoms. The van der Waals surface area contributed by atoms with Gasteiger partial charge >= 0.3 is 0 Å². The van der Waals surface area contributed by atoms with E-state index in [9.17, 15) is 18.0 Å². The second-order valence-corrected chi connectivity index (χ2v) is 8.38. The van der Waals surface area contributed by atoms with Gasteiger partial charge in [-0.05, 0) is 47.9 Å². The number of sulfonamides is 1. The summed E-state index contributed by atoms with van der Waals surface area (Å²) in [5.74, 6) is -0.214. The zero-order valence-corrected chi connectivity index (χ0v) is 16.1. The maximum atomic E-state index is 12.7. The minimum Gasteiger partial charge on any atom is -0.334 e. The molecular formula is C20H18N4O4S. The lowest BCUT2D eigenvalue weighted by atomic mass is 9.99. The Hall–Kier alpha value is -3.46. The van der Waals surface area contributed by atoms with Crippen molar-refractivity contribution in [1.29, 1.82) is 0 Å². The van der Waals surface area contributed by atoms with Gasteiger partial charge in [0.05, 0.1) is 22.3 Å². The van der Waals surface area contributed by atoms with Gasteiger partial charge in [-0.3, -0.25) is 19.3 Å². The van der Waals surface area contributed by atoms with Crippen LogP contribution in [0, 0.1) is 0 Å². The van der Waals surface area contributed by atoms with Crippen molar-refractivity contribution in [3.63, 3.8) is 0 Å². The number of carbonyl (C=O) groups is 1. The molecule has 0 unspecified atom stereocenters. The highest BCUT2D eigenvalue weighted by Gasteiger charge is 2.24. The molecule has 1 aromatic carbocycles. The van der Waals surface area contributed by atoms with Gasteiger partial charge in [0.15, 0.2) is 0 Å². The number of aromatic nitrogens is 2. The van der Waals surface area contributed by atoms with Crippen LogP contribution in [0.3, 0.4) is 0 Å². The highest BCUT2D eigenvalue weighted by atomic mass is 32.2. The van der Waals surface area contributed by atoms with Crippen molar-refractivity contribution in [1.82, 2.24) is 14.9 Å². The van der Waals surface area contributed by atoms with Crippen molar-refractivity contribution < 1.29 is 13.2 Å². The maximum Gasteiger partial charge on any atom is 0.261 e. The predicted octanol–water partition coefficient (Wildman–Crippen LogP) is 1.77. The molecule has 0 saturated carbocycles. The Labute approximate surface area is 167 Å². The maximum absolute atomic E-state index is 12.7. The molecule has 2 N–H and O–H groups in total. The molecular weight excluding hydrogens is 392 g/mol. The van der Waals surface area contributed by atoms with Gasteiger partial charge in [-0.25, -0.2) is 8.42 Å². The third kappa shape index (κ3) is 4.04. The van der Waals surface area contributed by atoms with Crippen LogP contribution in [0.2, 0.25) is 0 Å². The van der Waals surface area contributed by atoms with E-state index < -0.39 is 10.0 Å². The van der Waals surface area contributed by atoms with Crippen molar-refractivity contribution in [2.24, 2.45) is 0 Å². The number of amides is 1. The molecule has 2 aromatic heterocycles. The molecule has 148 valence electrons. The summed E-state index contributed by atoms with van der Waals surface area (Å²) in [6.07, 6.45) is 5.00. The van der Waals surface area contributed by atoms with E-state index in [-0.39, 0.29) is 16.4 Å². The van der Waals surface area contributed by atoms with E-state index >= 15 is 0 Å². The van der Waals surface area contributed by atoms with Crippen LogP contribution in [0.15, 0.2) is 70.7 Å². The Morgan fingerprint density at radius 3 is 2.72 bits per heavy atom. The smallest absolute Gasteiger partial charge is 0.261 e. The summed E-state index contributed by atoms with van der Waals surface area (Å²) in [6, 6.07) is 11.0. The van der Waals surface area contributed by atoms with Gasteiger partial charge < -0.3 is 9.88 Å². The zero-order valence-electron chi connectivity index (χ0n) is 15.3. The average Bonchev–Trinajstić information content (AvgIpc) is 2.73. The zero-order chi connectivity index (χ0) is 20.4. The fraction of sp³-hybridized carbons (Fsp3) is 0.150. The molecule has 0 fully saturated rings. The standard InChI is InChI=1S/C20H18N4O4S/c25-19-6-4-15(11-22-19)20(26)24-9-7-14-3-5-18(10-16(14)13-24)29(27,28)23-17-2-1-8-21-12-17/h1-6,8,10-12,23H,7,9,13H2,(H,22,25). The molecule has 29 heavy (non-hydrogen) atoms. The second-order valence-electron chi connectivity index (χ2n) is 6.70. The minimum absolute atomic E-state index is 0.124.